The maximum atomic E-state index is 5.84. The van der Waals surface area contributed by atoms with Gasteiger partial charge in [-0.2, -0.15) is 0 Å². The summed E-state index contributed by atoms with van der Waals surface area (Å²) in [5.74, 6) is 3.16. The third-order valence-corrected chi connectivity index (χ3v) is 4.19. The number of allylic oxidation sites excluding steroid dienone is 3. The van der Waals surface area contributed by atoms with Gasteiger partial charge in [0.2, 0.25) is 0 Å². The predicted molar refractivity (Wildman–Crippen MR) is 74.3 cm³/mol. The van der Waals surface area contributed by atoms with Crippen molar-refractivity contribution in [3.63, 3.8) is 0 Å². The zero-order valence-corrected chi connectivity index (χ0v) is 11.7. The van der Waals surface area contributed by atoms with E-state index in [1.165, 1.54) is 25.7 Å². The molecule has 0 bridgehead atoms. The summed E-state index contributed by atoms with van der Waals surface area (Å²) in [4.78, 5) is 0. The number of hydrogen-bond donors (Lipinski definition) is 0. The van der Waals surface area contributed by atoms with Gasteiger partial charge in [0.1, 0.15) is 5.76 Å². The van der Waals surface area contributed by atoms with Crippen LogP contribution in [0.15, 0.2) is 24.0 Å². The molecular weight excluding hydrogens is 224 g/mol. The van der Waals surface area contributed by atoms with Crippen molar-refractivity contribution in [2.75, 3.05) is 19.8 Å². The number of ether oxygens (including phenoxy) is 2. The van der Waals surface area contributed by atoms with Crippen LogP contribution in [0.25, 0.3) is 0 Å². The van der Waals surface area contributed by atoms with Gasteiger partial charge in [0.05, 0.1) is 6.61 Å². The normalized spacial score (nSPS) is 29.1. The average molecular weight is 250 g/mol. The number of hydrogen-bond acceptors (Lipinski definition) is 2. The third-order valence-electron chi connectivity index (χ3n) is 4.19. The van der Waals surface area contributed by atoms with Crippen molar-refractivity contribution in [2.45, 2.75) is 39.5 Å². The summed E-state index contributed by atoms with van der Waals surface area (Å²) in [6.45, 7) is 7.26. The van der Waals surface area contributed by atoms with Gasteiger partial charge in [-0.1, -0.05) is 19.9 Å². The largest absolute Gasteiger partial charge is 0.494 e. The summed E-state index contributed by atoms with van der Waals surface area (Å²) in [6.07, 6.45) is 11.5. The van der Waals surface area contributed by atoms with Crippen LogP contribution in [0.1, 0.15) is 39.5 Å². The Labute approximate surface area is 111 Å². The molecule has 0 unspecified atom stereocenters. The molecule has 0 aromatic rings. The lowest BCUT2D eigenvalue weighted by molar-refractivity contribution is 0.0609. The van der Waals surface area contributed by atoms with Crippen molar-refractivity contribution in [1.82, 2.24) is 0 Å². The van der Waals surface area contributed by atoms with E-state index < -0.39 is 0 Å². The highest BCUT2D eigenvalue weighted by Gasteiger charge is 2.14. The smallest absolute Gasteiger partial charge is 0.115 e. The van der Waals surface area contributed by atoms with E-state index in [0.29, 0.717) is 11.8 Å². The molecule has 0 amide bonds. The zero-order chi connectivity index (χ0) is 12.8. The van der Waals surface area contributed by atoms with Crippen molar-refractivity contribution in [2.24, 2.45) is 17.8 Å². The maximum absolute atomic E-state index is 5.84. The van der Waals surface area contributed by atoms with Crippen LogP contribution in [0.5, 0.6) is 0 Å². The van der Waals surface area contributed by atoms with E-state index in [4.69, 9.17) is 9.47 Å². The molecule has 2 rings (SSSR count). The van der Waals surface area contributed by atoms with Gasteiger partial charge in [-0.25, -0.2) is 0 Å². The van der Waals surface area contributed by atoms with Crippen LogP contribution in [0, 0.1) is 17.8 Å². The average Bonchev–Trinajstić information content (AvgIpc) is 2.40. The molecule has 18 heavy (non-hydrogen) atoms. The maximum Gasteiger partial charge on any atom is 0.115 e. The lowest BCUT2D eigenvalue weighted by Gasteiger charge is -2.22. The minimum absolute atomic E-state index is 0.598. The first-order chi connectivity index (χ1) is 8.75. The molecule has 0 spiro atoms. The Morgan fingerprint density at radius 2 is 2.00 bits per heavy atom. The molecule has 2 heteroatoms. The lowest BCUT2D eigenvalue weighted by atomic mass is 9.91. The highest BCUT2D eigenvalue weighted by atomic mass is 16.5. The van der Waals surface area contributed by atoms with Crippen LogP contribution in [-0.2, 0) is 9.47 Å². The summed E-state index contributed by atoms with van der Waals surface area (Å²) in [5.41, 5.74) is 0. The molecule has 1 aliphatic carbocycles. The van der Waals surface area contributed by atoms with Crippen LogP contribution in [-0.4, -0.2) is 19.8 Å². The minimum Gasteiger partial charge on any atom is -0.494 e. The van der Waals surface area contributed by atoms with E-state index in [0.717, 1.165) is 31.5 Å². The highest BCUT2D eigenvalue weighted by Crippen LogP contribution is 2.23. The van der Waals surface area contributed by atoms with Crippen molar-refractivity contribution in [1.29, 1.82) is 0 Å². The van der Waals surface area contributed by atoms with Crippen LogP contribution in [0.4, 0.5) is 0 Å². The van der Waals surface area contributed by atoms with Gasteiger partial charge in [-0.05, 0) is 55.6 Å². The second-order valence-electron chi connectivity index (χ2n) is 5.69. The standard InChI is InChI=1S/C16H26O2/c1-13-5-6-16(12-14(13)2)18-9-3-4-15-7-10-17-11-8-15/h5-6,12-15H,3-4,7-11H2,1-2H3/t13-,14+/m0/s1. The first-order valence-electron chi connectivity index (χ1n) is 7.36. The summed E-state index contributed by atoms with van der Waals surface area (Å²) >= 11 is 0. The molecule has 0 aromatic carbocycles. The molecule has 0 aromatic heterocycles. The summed E-state index contributed by atoms with van der Waals surface area (Å²) in [5, 5.41) is 0. The molecule has 1 aliphatic heterocycles. The summed E-state index contributed by atoms with van der Waals surface area (Å²) in [6, 6.07) is 0. The molecular formula is C16H26O2. The van der Waals surface area contributed by atoms with E-state index in [2.05, 4.69) is 32.1 Å². The van der Waals surface area contributed by atoms with Crippen LogP contribution in [0.2, 0.25) is 0 Å². The van der Waals surface area contributed by atoms with E-state index >= 15 is 0 Å². The van der Waals surface area contributed by atoms with E-state index in [1.54, 1.807) is 0 Å². The molecule has 2 atom stereocenters. The molecule has 1 fully saturated rings. The van der Waals surface area contributed by atoms with Gasteiger partial charge < -0.3 is 9.47 Å². The molecule has 1 heterocycles. The van der Waals surface area contributed by atoms with Gasteiger partial charge in [-0.15, -0.1) is 0 Å². The quantitative estimate of drug-likeness (QED) is 0.688. The zero-order valence-electron chi connectivity index (χ0n) is 11.7. The highest BCUT2D eigenvalue weighted by molar-refractivity contribution is 5.19. The van der Waals surface area contributed by atoms with E-state index in [9.17, 15) is 0 Å². The van der Waals surface area contributed by atoms with Gasteiger partial charge >= 0.3 is 0 Å². The van der Waals surface area contributed by atoms with Crippen LogP contribution >= 0.6 is 0 Å². The first-order valence-corrected chi connectivity index (χ1v) is 7.36. The van der Waals surface area contributed by atoms with Gasteiger partial charge in [0.25, 0.3) is 0 Å². The second-order valence-corrected chi connectivity index (χ2v) is 5.69. The summed E-state index contributed by atoms with van der Waals surface area (Å²) < 4.78 is 11.2. The fraction of sp³-hybridized carbons (Fsp3) is 0.750. The SMILES string of the molecule is C[C@@H]1C=C(OCCCC2CCOCC2)C=C[C@@H]1C. The Kier molecular flexibility index (Phi) is 5.30. The molecule has 0 N–H and O–H groups in total. The minimum atomic E-state index is 0.598. The lowest BCUT2D eigenvalue weighted by Crippen LogP contribution is -2.16. The van der Waals surface area contributed by atoms with Gasteiger partial charge in [-0.3, -0.25) is 0 Å². The predicted octanol–water partition coefficient (Wildman–Crippen LogP) is 3.94. The molecule has 0 radical (unpaired) electrons. The molecule has 1 saturated heterocycles. The molecule has 2 aliphatic rings. The summed E-state index contributed by atoms with van der Waals surface area (Å²) in [7, 11) is 0. The van der Waals surface area contributed by atoms with Crippen molar-refractivity contribution < 1.29 is 9.47 Å². The van der Waals surface area contributed by atoms with Gasteiger partial charge in [0.15, 0.2) is 0 Å². The van der Waals surface area contributed by atoms with E-state index in [1.807, 2.05) is 0 Å². The molecule has 0 saturated carbocycles. The second kappa shape index (κ2) is 6.98. The van der Waals surface area contributed by atoms with E-state index in [-0.39, 0.29) is 0 Å². The van der Waals surface area contributed by atoms with Crippen molar-refractivity contribution in [3.8, 4) is 0 Å². The fourth-order valence-corrected chi connectivity index (χ4v) is 2.58. The molecule has 2 nitrogen and oxygen atoms in total. The number of rotatable bonds is 5. The van der Waals surface area contributed by atoms with Crippen LogP contribution in [0.3, 0.4) is 0 Å². The third kappa shape index (κ3) is 4.16. The Bertz CT molecular complexity index is 300. The first kappa shape index (κ1) is 13.7. The van der Waals surface area contributed by atoms with Gasteiger partial charge in [0, 0.05) is 13.2 Å². The van der Waals surface area contributed by atoms with Crippen LogP contribution < -0.4 is 0 Å². The topological polar surface area (TPSA) is 18.5 Å². The Balaban J connectivity index is 1.61. The van der Waals surface area contributed by atoms with Crippen molar-refractivity contribution in [3.05, 3.63) is 24.0 Å². The van der Waals surface area contributed by atoms with Crippen molar-refractivity contribution >= 4 is 0 Å². The monoisotopic (exact) mass is 250 g/mol. The Morgan fingerprint density at radius 1 is 1.22 bits per heavy atom. The molecule has 102 valence electrons. The Morgan fingerprint density at radius 3 is 2.72 bits per heavy atom. The Hall–Kier alpha value is -0.760. The fourth-order valence-electron chi connectivity index (χ4n) is 2.58.